The summed E-state index contributed by atoms with van der Waals surface area (Å²) in [6.07, 6.45) is 5.41. The fourth-order valence-electron chi connectivity index (χ4n) is 4.63. The molecule has 0 spiro atoms. The first-order valence-electron chi connectivity index (χ1n) is 11.0. The Balaban J connectivity index is 1.64. The van der Waals surface area contributed by atoms with Crippen LogP contribution in [0.3, 0.4) is 0 Å². The van der Waals surface area contributed by atoms with Gasteiger partial charge in [-0.15, -0.1) is 0 Å². The second-order valence-electron chi connectivity index (χ2n) is 8.21. The van der Waals surface area contributed by atoms with E-state index in [9.17, 15) is 14.0 Å². The van der Waals surface area contributed by atoms with E-state index >= 15 is 0 Å². The molecule has 1 amide bonds. The highest BCUT2D eigenvalue weighted by Gasteiger charge is 2.48. The Kier molecular flexibility index (Phi) is 5.92. The van der Waals surface area contributed by atoms with Crippen molar-refractivity contribution in [1.29, 1.82) is 0 Å². The fraction of sp³-hybridized carbons (Fsp3) is 0.154. The summed E-state index contributed by atoms with van der Waals surface area (Å²) in [5, 5.41) is 8.40. The van der Waals surface area contributed by atoms with Crippen molar-refractivity contribution in [3.05, 3.63) is 112 Å². The number of nitrogens with zero attached hydrogens (tertiary/aromatic N) is 4. The minimum atomic E-state index is -1.14. The minimum Gasteiger partial charge on any atom is -0.311 e. The number of aromatic nitrogens is 3. The zero-order valence-corrected chi connectivity index (χ0v) is 19.5. The molecule has 0 radical (unpaired) electrons. The zero-order chi connectivity index (χ0) is 24.6. The van der Waals surface area contributed by atoms with Gasteiger partial charge in [-0.2, -0.15) is 5.10 Å². The Morgan fingerprint density at radius 1 is 1.11 bits per heavy atom. The number of halogens is 2. The number of carbonyl (C=O) groups excluding carboxylic acids is 2. The largest absolute Gasteiger partial charge is 0.311 e. The monoisotopic (exact) mass is 489 g/mol. The molecule has 5 rings (SSSR count). The standard InChI is InChI=1S/C26H21ClFN5O2/c1-17-23(14-31-33(17)22-8-6-21(28)7-9-22)25(35)32-13-12-30-26(32,19-2-4-20(27)5-3-19)24-15-29-11-10-18(24)16-34/h2-11,14-16,30H,12-13H2,1H3. The van der Waals surface area contributed by atoms with Gasteiger partial charge in [-0.3, -0.25) is 19.9 Å². The predicted octanol–water partition coefficient (Wildman–Crippen LogP) is 4.13. The van der Waals surface area contributed by atoms with Gasteiger partial charge >= 0.3 is 0 Å². The molecule has 1 atom stereocenters. The Morgan fingerprint density at radius 3 is 2.57 bits per heavy atom. The molecule has 1 aliphatic rings. The molecular formula is C26H21ClFN5O2. The summed E-state index contributed by atoms with van der Waals surface area (Å²) in [7, 11) is 0. The molecular weight excluding hydrogens is 469 g/mol. The highest BCUT2D eigenvalue weighted by atomic mass is 35.5. The van der Waals surface area contributed by atoms with E-state index in [1.807, 2.05) is 12.1 Å². The number of nitrogens with one attached hydrogen (secondary N) is 1. The van der Waals surface area contributed by atoms with E-state index in [1.165, 1.54) is 18.3 Å². The van der Waals surface area contributed by atoms with E-state index in [4.69, 9.17) is 11.6 Å². The van der Waals surface area contributed by atoms with E-state index in [0.717, 1.165) is 11.8 Å². The van der Waals surface area contributed by atoms with Crippen LogP contribution in [0.15, 0.2) is 73.2 Å². The third-order valence-corrected chi connectivity index (χ3v) is 6.56. The average molecular weight is 490 g/mol. The van der Waals surface area contributed by atoms with Gasteiger partial charge in [0.05, 0.1) is 23.1 Å². The number of carbonyl (C=O) groups is 2. The van der Waals surface area contributed by atoms with Gasteiger partial charge in [0.25, 0.3) is 5.91 Å². The Morgan fingerprint density at radius 2 is 1.86 bits per heavy atom. The highest BCUT2D eigenvalue weighted by Crippen LogP contribution is 2.39. The van der Waals surface area contributed by atoms with Crippen molar-refractivity contribution in [3.63, 3.8) is 0 Å². The van der Waals surface area contributed by atoms with Crippen LogP contribution >= 0.6 is 11.6 Å². The first-order chi connectivity index (χ1) is 17.0. The summed E-state index contributed by atoms with van der Waals surface area (Å²) < 4.78 is 15.0. The maximum atomic E-state index is 14.0. The van der Waals surface area contributed by atoms with Gasteiger partial charge in [0.2, 0.25) is 0 Å². The van der Waals surface area contributed by atoms with Crippen LogP contribution in [0, 0.1) is 12.7 Å². The second kappa shape index (κ2) is 9.05. The Labute approximate surface area is 206 Å². The lowest BCUT2D eigenvalue weighted by Crippen LogP contribution is -2.52. The van der Waals surface area contributed by atoms with Crippen molar-refractivity contribution in [1.82, 2.24) is 25.0 Å². The molecule has 0 aliphatic carbocycles. The zero-order valence-electron chi connectivity index (χ0n) is 18.8. The first kappa shape index (κ1) is 22.9. The molecule has 1 saturated heterocycles. The molecule has 0 bridgehead atoms. The summed E-state index contributed by atoms with van der Waals surface area (Å²) >= 11 is 6.15. The smallest absolute Gasteiger partial charge is 0.259 e. The van der Waals surface area contributed by atoms with Gasteiger partial charge in [0.15, 0.2) is 6.29 Å². The van der Waals surface area contributed by atoms with Crippen LogP contribution in [0.1, 0.15) is 37.5 Å². The van der Waals surface area contributed by atoms with E-state index in [1.54, 1.807) is 59.2 Å². The van der Waals surface area contributed by atoms with Crippen LogP contribution in [0.2, 0.25) is 5.02 Å². The molecule has 1 N–H and O–H groups in total. The van der Waals surface area contributed by atoms with Gasteiger partial charge in [-0.1, -0.05) is 23.7 Å². The maximum absolute atomic E-state index is 14.0. The third-order valence-electron chi connectivity index (χ3n) is 6.31. The Bertz CT molecular complexity index is 1400. The summed E-state index contributed by atoms with van der Waals surface area (Å²) in [5.41, 5.74) is 2.23. The molecule has 3 heterocycles. The van der Waals surface area contributed by atoms with Gasteiger partial charge in [-0.25, -0.2) is 9.07 Å². The predicted molar refractivity (Wildman–Crippen MR) is 129 cm³/mol. The number of benzene rings is 2. The van der Waals surface area contributed by atoms with Gasteiger partial charge in [0, 0.05) is 41.6 Å². The van der Waals surface area contributed by atoms with Crippen molar-refractivity contribution < 1.29 is 14.0 Å². The lowest BCUT2D eigenvalue weighted by molar-refractivity contribution is 0.0623. The van der Waals surface area contributed by atoms with E-state index in [0.29, 0.717) is 46.2 Å². The number of hydrogen-bond donors (Lipinski definition) is 1. The fourth-order valence-corrected chi connectivity index (χ4v) is 4.75. The van der Waals surface area contributed by atoms with Crippen molar-refractivity contribution in [2.75, 3.05) is 13.1 Å². The number of amides is 1. The molecule has 4 aromatic rings. The maximum Gasteiger partial charge on any atom is 0.259 e. The van der Waals surface area contributed by atoms with Crippen LogP contribution in [-0.2, 0) is 5.66 Å². The van der Waals surface area contributed by atoms with E-state index < -0.39 is 5.66 Å². The molecule has 0 saturated carbocycles. The number of aldehydes is 1. The molecule has 1 aliphatic heterocycles. The molecule has 1 unspecified atom stereocenters. The normalized spacial score (nSPS) is 17.5. The van der Waals surface area contributed by atoms with Crippen molar-refractivity contribution in [2.24, 2.45) is 0 Å². The molecule has 9 heteroatoms. The highest BCUT2D eigenvalue weighted by molar-refractivity contribution is 6.30. The minimum absolute atomic E-state index is 0.267. The van der Waals surface area contributed by atoms with Crippen LogP contribution in [0.4, 0.5) is 4.39 Å². The average Bonchev–Trinajstić information content (AvgIpc) is 3.49. The quantitative estimate of drug-likeness (QED) is 0.426. The molecule has 35 heavy (non-hydrogen) atoms. The van der Waals surface area contributed by atoms with Crippen molar-refractivity contribution in [2.45, 2.75) is 12.6 Å². The molecule has 1 fully saturated rings. The van der Waals surface area contributed by atoms with Crippen LogP contribution in [0.25, 0.3) is 5.69 Å². The molecule has 2 aromatic heterocycles. The lowest BCUT2D eigenvalue weighted by atomic mass is 9.88. The topological polar surface area (TPSA) is 80.1 Å². The summed E-state index contributed by atoms with van der Waals surface area (Å²) in [4.78, 5) is 32.0. The molecule has 176 valence electrons. The lowest BCUT2D eigenvalue weighted by Gasteiger charge is -2.39. The summed E-state index contributed by atoms with van der Waals surface area (Å²) in [6, 6.07) is 14.7. The number of rotatable bonds is 5. The van der Waals surface area contributed by atoms with Gasteiger partial charge in [0.1, 0.15) is 11.5 Å². The molecule has 7 nitrogen and oxygen atoms in total. The van der Waals surface area contributed by atoms with Crippen molar-refractivity contribution >= 4 is 23.8 Å². The third kappa shape index (κ3) is 3.80. The van der Waals surface area contributed by atoms with Crippen LogP contribution in [-0.4, -0.2) is 44.9 Å². The summed E-state index contributed by atoms with van der Waals surface area (Å²) in [5.74, 6) is -0.621. The van der Waals surface area contributed by atoms with Gasteiger partial charge < -0.3 is 4.90 Å². The summed E-state index contributed by atoms with van der Waals surface area (Å²) in [6.45, 7) is 2.67. The van der Waals surface area contributed by atoms with E-state index in [-0.39, 0.29) is 11.7 Å². The number of pyridine rings is 1. The first-order valence-corrected chi connectivity index (χ1v) is 11.4. The molecule has 2 aromatic carbocycles. The van der Waals surface area contributed by atoms with Crippen LogP contribution in [0.5, 0.6) is 0 Å². The van der Waals surface area contributed by atoms with Crippen molar-refractivity contribution in [3.8, 4) is 5.69 Å². The van der Waals surface area contributed by atoms with Gasteiger partial charge in [-0.05, 0) is 55.0 Å². The van der Waals surface area contributed by atoms with Crippen LogP contribution < -0.4 is 5.32 Å². The Hall–Kier alpha value is -3.88. The number of hydrogen-bond acceptors (Lipinski definition) is 5. The SMILES string of the molecule is Cc1c(C(=O)N2CCNC2(c2ccc(Cl)cc2)c2cnccc2C=O)cnn1-c1ccc(F)cc1. The van der Waals surface area contributed by atoms with E-state index in [2.05, 4.69) is 15.4 Å². The second-order valence-corrected chi connectivity index (χ2v) is 8.65.